The molecule has 14 heteroatoms. The number of anilines is 1. The van der Waals surface area contributed by atoms with Gasteiger partial charge in [0, 0.05) is 46.4 Å². The van der Waals surface area contributed by atoms with Gasteiger partial charge in [0.05, 0.1) is 26.1 Å². The zero-order valence-corrected chi connectivity index (χ0v) is 28.7. The maximum Gasteiger partial charge on any atom is 0.296 e. The second-order valence-electron chi connectivity index (χ2n) is 9.89. The van der Waals surface area contributed by atoms with E-state index in [1.807, 2.05) is 36.4 Å². The summed E-state index contributed by atoms with van der Waals surface area (Å²) in [5, 5.41) is 12.2. The van der Waals surface area contributed by atoms with Crippen LogP contribution >= 0.6 is 22.7 Å². The number of Topliss-reactive ketones (excluding diaryl/α,β-unsaturated/α-hetero) is 1. The number of aryl methyl sites for hydroxylation is 1. The number of carbonyl (C=O) groups excluding carboxylic acids is 2. The summed E-state index contributed by atoms with van der Waals surface area (Å²) in [6, 6.07) is 23.8. The van der Waals surface area contributed by atoms with Crippen LogP contribution in [-0.2, 0) is 19.7 Å². The molecule has 0 aliphatic carbocycles. The number of rotatable bonds is 8. The average Bonchev–Trinajstić information content (AvgIpc) is 3.61. The zero-order valence-electron chi connectivity index (χ0n) is 24.3. The summed E-state index contributed by atoms with van der Waals surface area (Å²) >= 11 is 2.70. The van der Waals surface area contributed by atoms with Gasteiger partial charge in [-0.15, -0.1) is 22.7 Å². The summed E-state index contributed by atoms with van der Waals surface area (Å²) in [6.45, 7) is 2.93. The van der Waals surface area contributed by atoms with Gasteiger partial charge in [-0.25, -0.2) is 9.97 Å². The number of benzene rings is 4. The van der Waals surface area contributed by atoms with E-state index in [0.717, 1.165) is 26.4 Å². The van der Waals surface area contributed by atoms with Gasteiger partial charge in [-0.05, 0) is 80.1 Å². The number of nitrogens with zero attached hydrogens (tertiary/aromatic N) is 4. The van der Waals surface area contributed by atoms with Crippen molar-refractivity contribution in [1.82, 2.24) is 9.97 Å². The third-order valence-electron chi connectivity index (χ3n) is 6.68. The summed E-state index contributed by atoms with van der Waals surface area (Å²) < 4.78 is 35.1. The Morgan fingerprint density at radius 1 is 0.867 bits per heavy atom. The largest absolute Gasteiger partial charge is 0.324 e. The molecule has 0 spiro atoms. The number of fused-ring (bicyclic) bond motifs is 2. The summed E-state index contributed by atoms with van der Waals surface area (Å²) in [7, 11) is -4.40. The fraction of sp³-hybridized carbons (Fsp3) is 0.0968. The molecule has 221 valence electrons. The molecule has 0 saturated heterocycles. The van der Waals surface area contributed by atoms with E-state index in [-0.39, 0.29) is 34.5 Å². The molecule has 6 rings (SSSR count). The van der Waals surface area contributed by atoms with Crippen molar-refractivity contribution in [1.29, 1.82) is 0 Å². The van der Waals surface area contributed by atoms with Crippen LogP contribution in [0.4, 0.5) is 11.4 Å². The predicted molar refractivity (Wildman–Crippen MR) is 178 cm³/mol. The molecule has 0 aliphatic heterocycles. The smallest absolute Gasteiger partial charge is 0.296 e. The molecular formula is C31H23N5NaO5S3. The quantitative estimate of drug-likeness (QED) is 0.0763. The molecule has 1 atom stereocenters. The third-order valence-corrected chi connectivity index (χ3v) is 10.1. The van der Waals surface area contributed by atoms with Gasteiger partial charge in [-0.1, -0.05) is 24.3 Å². The van der Waals surface area contributed by atoms with Crippen molar-refractivity contribution >= 4 is 106 Å². The van der Waals surface area contributed by atoms with Crippen LogP contribution in [0.3, 0.4) is 0 Å². The van der Waals surface area contributed by atoms with Crippen molar-refractivity contribution in [2.45, 2.75) is 24.8 Å². The van der Waals surface area contributed by atoms with Crippen LogP contribution in [0.25, 0.3) is 41.6 Å². The van der Waals surface area contributed by atoms with E-state index in [1.165, 1.54) is 29.6 Å². The van der Waals surface area contributed by atoms with Gasteiger partial charge < -0.3 is 5.32 Å². The second kappa shape index (κ2) is 13.3. The molecule has 2 N–H and O–H groups in total. The summed E-state index contributed by atoms with van der Waals surface area (Å²) in [5.41, 5.74) is 4.44. The van der Waals surface area contributed by atoms with E-state index in [0.29, 0.717) is 32.2 Å². The predicted octanol–water partition coefficient (Wildman–Crippen LogP) is 7.09. The van der Waals surface area contributed by atoms with Crippen LogP contribution in [0.15, 0.2) is 100 Å². The fourth-order valence-corrected chi connectivity index (χ4v) is 7.86. The molecular weight excluding hydrogens is 642 g/mol. The van der Waals surface area contributed by atoms with Crippen LogP contribution in [0, 0.1) is 6.92 Å². The zero-order chi connectivity index (χ0) is 31.0. The van der Waals surface area contributed by atoms with Crippen molar-refractivity contribution in [3.8, 4) is 21.1 Å². The Labute approximate surface area is 288 Å². The molecule has 2 heterocycles. The van der Waals surface area contributed by atoms with E-state index in [2.05, 4.69) is 20.5 Å². The van der Waals surface area contributed by atoms with E-state index in [4.69, 9.17) is 4.98 Å². The van der Waals surface area contributed by atoms with Crippen LogP contribution in [0.1, 0.15) is 12.5 Å². The molecule has 2 aromatic heterocycles. The molecule has 0 saturated carbocycles. The fourth-order valence-electron chi connectivity index (χ4n) is 4.54. The number of aromatic nitrogens is 2. The Hall–Kier alpha value is -3.69. The molecule has 0 bridgehead atoms. The van der Waals surface area contributed by atoms with Crippen molar-refractivity contribution in [2.75, 3.05) is 5.32 Å². The standard InChI is InChI=1S/C31H23N5O5S3.Na/c1-17-8-14-24-27(28(17)44(39,40)41)43-31(34-24)20-11-15-23-25(16-20)42-30(33-23)19-9-12-22(13-10-19)35-36-26(18(2)37)29(38)32-21-6-4-3-5-7-21;/h3-16,26H,1-2H3,(H,32,38)(H,39,40,41);. The monoisotopic (exact) mass is 664 g/mol. The van der Waals surface area contributed by atoms with Crippen molar-refractivity contribution in [3.05, 3.63) is 90.5 Å². The first-order chi connectivity index (χ1) is 21.1. The molecule has 1 unspecified atom stereocenters. The number of carbonyl (C=O) groups is 2. The van der Waals surface area contributed by atoms with Crippen LogP contribution in [0.5, 0.6) is 0 Å². The van der Waals surface area contributed by atoms with Crippen LogP contribution in [0.2, 0.25) is 0 Å². The second-order valence-corrected chi connectivity index (χ2v) is 13.3. The van der Waals surface area contributed by atoms with E-state index in [1.54, 1.807) is 55.5 Å². The molecule has 0 fully saturated rings. The Bertz CT molecular complexity index is 2200. The SMILES string of the molecule is CC(=O)C(N=Nc1ccc(-c2nc3ccc(-c4nc5ccc(C)c(S(=O)(=O)O)c5s4)cc3s2)cc1)C(=O)Nc1ccccc1.[Na]. The molecule has 6 aromatic rings. The number of ketones is 1. The number of thiazole rings is 2. The van der Waals surface area contributed by atoms with Crippen LogP contribution < -0.4 is 5.32 Å². The Balaban J connectivity index is 0.00000400. The summed E-state index contributed by atoms with van der Waals surface area (Å²) in [4.78, 5) is 33.9. The first kappa shape index (κ1) is 32.7. The minimum atomic E-state index is -4.40. The number of hydrogen-bond acceptors (Lipinski definition) is 10. The number of hydrogen-bond donors (Lipinski definition) is 2. The molecule has 45 heavy (non-hydrogen) atoms. The number of para-hydroxylation sites is 1. The summed E-state index contributed by atoms with van der Waals surface area (Å²) in [5.74, 6) is -0.981. The van der Waals surface area contributed by atoms with Gasteiger partial charge in [0.15, 0.2) is 5.78 Å². The van der Waals surface area contributed by atoms with Gasteiger partial charge >= 0.3 is 0 Å². The molecule has 1 amide bonds. The van der Waals surface area contributed by atoms with Crippen molar-refractivity contribution in [2.24, 2.45) is 10.2 Å². The first-order valence-corrected chi connectivity index (χ1v) is 16.3. The average molecular weight is 665 g/mol. The van der Waals surface area contributed by atoms with Crippen molar-refractivity contribution < 1.29 is 22.6 Å². The number of azo groups is 1. The van der Waals surface area contributed by atoms with E-state index < -0.39 is 27.9 Å². The molecule has 4 aromatic carbocycles. The van der Waals surface area contributed by atoms with Gasteiger partial charge in [-0.2, -0.15) is 18.6 Å². The third kappa shape index (κ3) is 7.10. The Kier molecular flexibility index (Phi) is 9.70. The van der Waals surface area contributed by atoms with Crippen molar-refractivity contribution in [3.63, 3.8) is 0 Å². The number of nitrogens with one attached hydrogen (secondary N) is 1. The van der Waals surface area contributed by atoms with E-state index in [9.17, 15) is 22.6 Å². The van der Waals surface area contributed by atoms with Gasteiger partial charge in [-0.3, -0.25) is 14.1 Å². The van der Waals surface area contributed by atoms with Gasteiger partial charge in [0.25, 0.3) is 16.0 Å². The Morgan fingerprint density at radius 2 is 1.51 bits per heavy atom. The normalized spacial score (nSPS) is 12.3. The maximum absolute atomic E-state index is 12.6. The minimum Gasteiger partial charge on any atom is -0.324 e. The number of amides is 1. The maximum atomic E-state index is 12.6. The topological polar surface area (TPSA) is 151 Å². The Morgan fingerprint density at radius 3 is 2.20 bits per heavy atom. The first-order valence-electron chi connectivity index (χ1n) is 13.2. The molecule has 10 nitrogen and oxygen atoms in total. The van der Waals surface area contributed by atoms with Gasteiger partial charge in [0.2, 0.25) is 6.04 Å². The molecule has 0 aliphatic rings. The molecule has 1 radical (unpaired) electrons. The van der Waals surface area contributed by atoms with Gasteiger partial charge in [0.1, 0.15) is 14.9 Å². The van der Waals surface area contributed by atoms with E-state index >= 15 is 0 Å². The minimum absolute atomic E-state index is 0. The summed E-state index contributed by atoms with van der Waals surface area (Å²) in [6.07, 6.45) is 0. The van der Waals surface area contributed by atoms with Crippen LogP contribution in [-0.4, -0.2) is 70.2 Å².